The molecule has 0 aliphatic rings. The van der Waals surface area contributed by atoms with Gasteiger partial charge in [-0.15, -0.1) is 0 Å². The van der Waals surface area contributed by atoms with E-state index in [4.69, 9.17) is 4.74 Å². The van der Waals surface area contributed by atoms with Crippen LogP contribution in [0.15, 0.2) is 24.3 Å². The topological polar surface area (TPSA) is 29.5 Å². The molecule has 1 aromatic carbocycles. The van der Waals surface area contributed by atoms with Crippen LogP contribution in [-0.4, -0.2) is 18.3 Å². The molecule has 0 amide bonds. The highest BCUT2D eigenvalue weighted by Crippen LogP contribution is 2.35. The number of rotatable bonds is 5. The third kappa shape index (κ3) is 4.02. The van der Waals surface area contributed by atoms with Crippen molar-refractivity contribution in [3.63, 3.8) is 0 Å². The zero-order valence-corrected chi connectivity index (χ0v) is 9.50. The van der Waals surface area contributed by atoms with Crippen molar-refractivity contribution in [1.29, 1.82) is 0 Å². The van der Waals surface area contributed by atoms with Gasteiger partial charge < -0.3 is 9.84 Å². The summed E-state index contributed by atoms with van der Waals surface area (Å²) in [4.78, 5) is 0. The molecule has 0 bridgehead atoms. The van der Waals surface area contributed by atoms with Crippen LogP contribution in [0.3, 0.4) is 0 Å². The number of hydrogen-bond acceptors (Lipinski definition) is 2. The van der Waals surface area contributed by atoms with Gasteiger partial charge in [0.15, 0.2) is 0 Å². The van der Waals surface area contributed by atoms with Crippen molar-refractivity contribution < 1.29 is 23.0 Å². The first kappa shape index (κ1) is 14.0. The Labute approximate surface area is 98.0 Å². The molecule has 96 valence electrons. The first-order valence-corrected chi connectivity index (χ1v) is 5.38. The van der Waals surface area contributed by atoms with Gasteiger partial charge in [0.2, 0.25) is 0 Å². The molecule has 0 aliphatic carbocycles. The molecular formula is C12H15F3O2. The summed E-state index contributed by atoms with van der Waals surface area (Å²) >= 11 is 0. The molecule has 0 spiro atoms. The summed E-state index contributed by atoms with van der Waals surface area (Å²) in [5.74, 6) is 0. The van der Waals surface area contributed by atoms with Crippen LogP contribution in [0.25, 0.3) is 0 Å². The molecule has 17 heavy (non-hydrogen) atoms. The van der Waals surface area contributed by atoms with Crippen molar-refractivity contribution >= 4 is 0 Å². The van der Waals surface area contributed by atoms with E-state index in [0.29, 0.717) is 6.61 Å². The summed E-state index contributed by atoms with van der Waals surface area (Å²) < 4.78 is 43.0. The summed E-state index contributed by atoms with van der Waals surface area (Å²) in [6.07, 6.45) is -5.44. The van der Waals surface area contributed by atoms with E-state index in [1.807, 2.05) is 0 Å². The lowest BCUT2D eigenvalue weighted by Gasteiger charge is -2.17. The fourth-order valence-electron chi connectivity index (χ4n) is 1.54. The van der Waals surface area contributed by atoms with Gasteiger partial charge in [-0.25, -0.2) is 0 Å². The van der Waals surface area contributed by atoms with Gasteiger partial charge in [-0.2, -0.15) is 13.2 Å². The van der Waals surface area contributed by atoms with Crippen LogP contribution in [0.5, 0.6) is 0 Å². The van der Waals surface area contributed by atoms with Crippen molar-refractivity contribution in [3.05, 3.63) is 35.4 Å². The van der Waals surface area contributed by atoms with Gasteiger partial charge in [-0.1, -0.05) is 18.2 Å². The number of aliphatic hydroxyl groups excluding tert-OH is 1. The highest BCUT2D eigenvalue weighted by Gasteiger charge is 2.34. The first-order valence-electron chi connectivity index (χ1n) is 5.38. The molecule has 0 radical (unpaired) electrons. The fraction of sp³-hybridized carbons (Fsp3) is 0.500. The molecule has 0 aliphatic heterocycles. The highest BCUT2D eigenvalue weighted by molar-refractivity contribution is 5.31. The maximum atomic E-state index is 12.7. The second-order valence-electron chi connectivity index (χ2n) is 3.59. The van der Waals surface area contributed by atoms with E-state index in [2.05, 4.69) is 0 Å². The maximum absolute atomic E-state index is 12.7. The molecule has 0 aromatic heterocycles. The van der Waals surface area contributed by atoms with E-state index in [-0.39, 0.29) is 18.6 Å². The average molecular weight is 248 g/mol. The van der Waals surface area contributed by atoms with Gasteiger partial charge in [0.1, 0.15) is 0 Å². The Balaban J connectivity index is 2.82. The largest absolute Gasteiger partial charge is 0.416 e. The lowest BCUT2D eigenvalue weighted by atomic mass is 10.00. The summed E-state index contributed by atoms with van der Waals surface area (Å²) in [5.41, 5.74) is -0.885. The van der Waals surface area contributed by atoms with Gasteiger partial charge in [0.05, 0.1) is 11.7 Å². The van der Waals surface area contributed by atoms with Crippen molar-refractivity contribution in [1.82, 2.24) is 0 Å². The van der Waals surface area contributed by atoms with Crippen LogP contribution < -0.4 is 0 Å². The minimum Gasteiger partial charge on any atom is -0.388 e. The Morgan fingerprint density at radius 3 is 2.53 bits per heavy atom. The van der Waals surface area contributed by atoms with E-state index < -0.39 is 17.8 Å². The molecule has 1 atom stereocenters. The molecule has 0 saturated heterocycles. The van der Waals surface area contributed by atoms with Gasteiger partial charge in [0.25, 0.3) is 0 Å². The fourth-order valence-corrected chi connectivity index (χ4v) is 1.54. The summed E-state index contributed by atoms with van der Waals surface area (Å²) in [6, 6.07) is 5.05. The number of aliphatic hydroxyl groups is 1. The Bertz CT molecular complexity index is 350. The van der Waals surface area contributed by atoms with Crippen LogP contribution in [-0.2, 0) is 10.9 Å². The Morgan fingerprint density at radius 1 is 1.29 bits per heavy atom. The number of ether oxygens (including phenoxy) is 1. The number of alkyl halides is 3. The highest BCUT2D eigenvalue weighted by atomic mass is 19.4. The molecular weight excluding hydrogens is 233 g/mol. The molecule has 0 fully saturated rings. The van der Waals surface area contributed by atoms with E-state index in [1.54, 1.807) is 6.92 Å². The third-order valence-corrected chi connectivity index (χ3v) is 2.36. The van der Waals surface area contributed by atoms with Crippen LogP contribution in [0.1, 0.15) is 30.6 Å². The lowest BCUT2D eigenvalue weighted by molar-refractivity contribution is -0.139. The number of hydrogen-bond donors (Lipinski definition) is 1. The molecule has 0 heterocycles. The second kappa shape index (κ2) is 6.02. The molecule has 1 N–H and O–H groups in total. The number of halogens is 3. The summed E-state index contributed by atoms with van der Waals surface area (Å²) in [7, 11) is 0. The smallest absolute Gasteiger partial charge is 0.388 e. The quantitative estimate of drug-likeness (QED) is 0.811. The maximum Gasteiger partial charge on any atom is 0.416 e. The Kier molecular flexibility index (Phi) is 4.96. The van der Waals surface area contributed by atoms with Crippen molar-refractivity contribution in [3.8, 4) is 0 Å². The third-order valence-electron chi connectivity index (χ3n) is 2.36. The van der Waals surface area contributed by atoms with Crippen LogP contribution in [0, 0.1) is 0 Å². The molecule has 2 nitrogen and oxygen atoms in total. The van der Waals surface area contributed by atoms with E-state index in [9.17, 15) is 18.3 Å². The normalized spacial score (nSPS) is 13.7. The Hall–Kier alpha value is -1.07. The van der Waals surface area contributed by atoms with E-state index in [0.717, 1.165) is 6.07 Å². The predicted molar refractivity (Wildman–Crippen MR) is 57.5 cm³/mol. The standard InChI is InChI=1S/C12H15F3O2/c1-2-17-8-7-11(16)9-5-3-4-6-10(9)12(13,14)15/h3-6,11,16H,2,7-8H2,1H3. The van der Waals surface area contributed by atoms with Gasteiger partial charge in [0, 0.05) is 19.6 Å². The molecule has 5 heteroatoms. The van der Waals surface area contributed by atoms with Crippen molar-refractivity contribution in [2.75, 3.05) is 13.2 Å². The van der Waals surface area contributed by atoms with Gasteiger partial charge in [-0.3, -0.25) is 0 Å². The van der Waals surface area contributed by atoms with Crippen LogP contribution in [0.2, 0.25) is 0 Å². The number of benzene rings is 1. The molecule has 0 saturated carbocycles. The Morgan fingerprint density at radius 2 is 1.94 bits per heavy atom. The minimum atomic E-state index is -4.44. The van der Waals surface area contributed by atoms with Crippen molar-refractivity contribution in [2.45, 2.75) is 25.6 Å². The second-order valence-corrected chi connectivity index (χ2v) is 3.59. The zero-order valence-electron chi connectivity index (χ0n) is 9.50. The predicted octanol–water partition coefficient (Wildman–Crippen LogP) is 3.17. The monoisotopic (exact) mass is 248 g/mol. The van der Waals surface area contributed by atoms with Gasteiger partial charge >= 0.3 is 6.18 Å². The SMILES string of the molecule is CCOCCC(O)c1ccccc1C(F)(F)F. The average Bonchev–Trinajstić information content (AvgIpc) is 2.28. The summed E-state index contributed by atoms with van der Waals surface area (Å²) in [5, 5.41) is 9.71. The van der Waals surface area contributed by atoms with Gasteiger partial charge in [-0.05, 0) is 18.6 Å². The van der Waals surface area contributed by atoms with Crippen LogP contribution in [0.4, 0.5) is 13.2 Å². The zero-order chi connectivity index (χ0) is 12.9. The minimum absolute atomic E-state index is 0.0975. The van der Waals surface area contributed by atoms with Crippen molar-refractivity contribution in [2.24, 2.45) is 0 Å². The molecule has 1 unspecified atom stereocenters. The van der Waals surface area contributed by atoms with E-state index in [1.165, 1.54) is 18.2 Å². The first-order chi connectivity index (χ1) is 7.96. The lowest BCUT2D eigenvalue weighted by Crippen LogP contribution is -2.13. The van der Waals surface area contributed by atoms with E-state index >= 15 is 0 Å². The summed E-state index contributed by atoms with van der Waals surface area (Å²) in [6.45, 7) is 2.51. The molecule has 1 rings (SSSR count). The van der Waals surface area contributed by atoms with Crippen LogP contribution >= 0.6 is 0 Å². The molecule has 1 aromatic rings.